The van der Waals surface area contributed by atoms with Crippen molar-refractivity contribution in [3.63, 3.8) is 0 Å². The van der Waals surface area contributed by atoms with Crippen LogP contribution in [0.1, 0.15) is 46.1 Å². The van der Waals surface area contributed by atoms with Crippen molar-refractivity contribution in [3.05, 3.63) is 34.3 Å². The summed E-state index contributed by atoms with van der Waals surface area (Å²) in [5.41, 5.74) is 1.84. The molecule has 1 aromatic rings. The van der Waals surface area contributed by atoms with Crippen molar-refractivity contribution in [2.75, 3.05) is 6.54 Å². The summed E-state index contributed by atoms with van der Waals surface area (Å²) in [6.07, 6.45) is 3.63. The molecule has 0 saturated carbocycles. The van der Waals surface area contributed by atoms with Crippen LogP contribution < -0.4 is 5.32 Å². The van der Waals surface area contributed by atoms with E-state index >= 15 is 0 Å². The highest BCUT2D eigenvalue weighted by atomic mass is 79.9. The van der Waals surface area contributed by atoms with Crippen molar-refractivity contribution >= 4 is 15.9 Å². The van der Waals surface area contributed by atoms with Gasteiger partial charge in [0.1, 0.15) is 0 Å². The van der Waals surface area contributed by atoms with Gasteiger partial charge in [0.25, 0.3) is 0 Å². The van der Waals surface area contributed by atoms with Crippen LogP contribution in [0.4, 0.5) is 0 Å². The number of nitrogens with one attached hydrogen (secondary N) is 1. The SMILES string of the molecule is CCNC(CCC(C)(C)C)Cc1ccc(Br)cc1. The normalized spacial score (nSPS) is 13.6. The molecule has 0 bridgehead atoms. The molecule has 1 aromatic carbocycles. The van der Waals surface area contributed by atoms with Crippen molar-refractivity contribution in [3.8, 4) is 0 Å². The van der Waals surface area contributed by atoms with Crippen molar-refractivity contribution in [2.24, 2.45) is 5.41 Å². The van der Waals surface area contributed by atoms with E-state index in [1.54, 1.807) is 0 Å². The molecule has 1 N–H and O–H groups in total. The Morgan fingerprint density at radius 2 is 1.78 bits per heavy atom. The second-order valence-corrected chi connectivity index (χ2v) is 7.10. The monoisotopic (exact) mass is 311 g/mol. The number of likely N-dealkylation sites (N-methyl/N-ethyl adjacent to an activating group) is 1. The molecule has 0 heterocycles. The van der Waals surface area contributed by atoms with E-state index in [9.17, 15) is 0 Å². The van der Waals surface area contributed by atoms with Gasteiger partial charge < -0.3 is 5.32 Å². The molecule has 0 amide bonds. The number of rotatable bonds is 6. The topological polar surface area (TPSA) is 12.0 Å². The minimum absolute atomic E-state index is 0.424. The first-order valence-corrected chi connectivity index (χ1v) is 7.68. The van der Waals surface area contributed by atoms with Crippen LogP contribution in [0.25, 0.3) is 0 Å². The summed E-state index contributed by atoms with van der Waals surface area (Å²) in [6, 6.07) is 9.27. The van der Waals surface area contributed by atoms with Gasteiger partial charge in [-0.05, 0) is 48.9 Å². The third kappa shape index (κ3) is 6.55. The van der Waals surface area contributed by atoms with Gasteiger partial charge in [-0.2, -0.15) is 0 Å². The maximum Gasteiger partial charge on any atom is 0.0175 e. The molecule has 0 radical (unpaired) electrons. The van der Waals surface area contributed by atoms with Crippen LogP contribution in [0.3, 0.4) is 0 Å². The van der Waals surface area contributed by atoms with Crippen LogP contribution >= 0.6 is 15.9 Å². The van der Waals surface area contributed by atoms with E-state index in [1.807, 2.05) is 0 Å². The third-order valence-corrected chi connectivity index (χ3v) is 3.66. The Morgan fingerprint density at radius 1 is 1.17 bits per heavy atom. The Balaban J connectivity index is 2.54. The lowest BCUT2D eigenvalue weighted by Crippen LogP contribution is -2.32. The molecule has 0 fully saturated rings. The Bertz CT molecular complexity index is 337. The molecule has 0 saturated heterocycles. The number of hydrogen-bond acceptors (Lipinski definition) is 1. The molecular weight excluding hydrogens is 286 g/mol. The molecule has 1 nitrogen and oxygen atoms in total. The van der Waals surface area contributed by atoms with E-state index in [0.717, 1.165) is 17.4 Å². The van der Waals surface area contributed by atoms with Gasteiger partial charge in [-0.15, -0.1) is 0 Å². The van der Waals surface area contributed by atoms with Crippen LogP contribution in [0.15, 0.2) is 28.7 Å². The Morgan fingerprint density at radius 3 is 2.28 bits per heavy atom. The van der Waals surface area contributed by atoms with Crippen LogP contribution in [-0.2, 0) is 6.42 Å². The van der Waals surface area contributed by atoms with Gasteiger partial charge in [-0.3, -0.25) is 0 Å². The van der Waals surface area contributed by atoms with E-state index in [-0.39, 0.29) is 0 Å². The Hall–Kier alpha value is -0.340. The van der Waals surface area contributed by atoms with Crippen LogP contribution in [0.2, 0.25) is 0 Å². The number of hydrogen-bond donors (Lipinski definition) is 1. The summed E-state index contributed by atoms with van der Waals surface area (Å²) in [4.78, 5) is 0. The highest BCUT2D eigenvalue weighted by Gasteiger charge is 2.15. The summed E-state index contributed by atoms with van der Waals surface area (Å²) in [5.74, 6) is 0. The average molecular weight is 312 g/mol. The zero-order valence-electron chi connectivity index (χ0n) is 12.1. The predicted octanol–water partition coefficient (Wildman–Crippen LogP) is 4.80. The summed E-state index contributed by atoms with van der Waals surface area (Å²) in [6.45, 7) is 10.2. The highest BCUT2D eigenvalue weighted by Crippen LogP contribution is 2.23. The fourth-order valence-electron chi connectivity index (χ4n) is 2.08. The zero-order valence-corrected chi connectivity index (χ0v) is 13.7. The van der Waals surface area contributed by atoms with Gasteiger partial charge >= 0.3 is 0 Å². The predicted molar refractivity (Wildman–Crippen MR) is 84.0 cm³/mol. The molecule has 1 unspecified atom stereocenters. The quantitative estimate of drug-likeness (QED) is 0.796. The average Bonchev–Trinajstić information content (AvgIpc) is 2.28. The smallest absolute Gasteiger partial charge is 0.0175 e. The minimum atomic E-state index is 0.424. The van der Waals surface area contributed by atoms with Crippen LogP contribution in [-0.4, -0.2) is 12.6 Å². The van der Waals surface area contributed by atoms with Gasteiger partial charge in [-0.1, -0.05) is 55.8 Å². The van der Waals surface area contributed by atoms with Gasteiger partial charge in [0.2, 0.25) is 0 Å². The van der Waals surface area contributed by atoms with E-state index in [4.69, 9.17) is 0 Å². The Kier molecular flexibility index (Phi) is 6.37. The molecule has 2 heteroatoms. The summed E-state index contributed by atoms with van der Waals surface area (Å²) >= 11 is 3.48. The Labute approximate surface area is 120 Å². The standard InChI is InChI=1S/C16H26BrN/c1-5-18-15(10-11-16(2,3)4)12-13-6-8-14(17)9-7-13/h6-9,15,18H,5,10-12H2,1-4H3. The van der Waals surface area contributed by atoms with Crippen molar-refractivity contribution in [1.29, 1.82) is 0 Å². The van der Waals surface area contributed by atoms with Crippen LogP contribution in [0, 0.1) is 5.41 Å². The summed E-state index contributed by atoms with van der Waals surface area (Å²) < 4.78 is 1.15. The van der Waals surface area contributed by atoms with Gasteiger partial charge in [-0.25, -0.2) is 0 Å². The number of benzene rings is 1. The summed E-state index contributed by atoms with van der Waals surface area (Å²) in [5, 5.41) is 3.61. The maximum atomic E-state index is 3.61. The summed E-state index contributed by atoms with van der Waals surface area (Å²) in [7, 11) is 0. The van der Waals surface area contributed by atoms with Crippen LogP contribution in [0.5, 0.6) is 0 Å². The molecule has 0 aromatic heterocycles. The first-order valence-electron chi connectivity index (χ1n) is 6.88. The second kappa shape index (κ2) is 7.30. The third-order valence-electron chi connectivity index (χ3n) is 3.13. The van der Waals surface area contributed by atoms with E-state index in [0.29, 0.717) is 11.5 Å². The molecule has 1 atom stereocenters. The lowest BCUT2D eigenvalue weighted by molar-refractivity contribution is 0.330. The number of halogens is 1. The van der Waals surface area contributed by atoms with Gasteiger partial charge in [0.15, 0.2) is 0 Å². The fourth-order valence-corrected chi connectivity index (χ4v) is 2.34. The molecular formula is C16H26BrN. The molecule has 0 aliphatic carbocycles. The molecule has 1 rings (SSSR count). The molecule has 18 heavy (non-hydrogen) atoms. The minimum Gasteiger partial charge on any atom is -0.314 e. The largest absolute Gasteiger partial charge is 0.314 e. The highest BCUT2D eigenvalue weighted by molar-refractivity contribution is 9.10. The fraction of sp³-hybridized carbons (Fsp3) is 0.625. The van der Waals surface area contributed by atoms with Crippen molar-refractivity contribution in [2.45, 2.75) is 53.0 Å². The molecule has 102 valence electrons. The lowest BCUT2D eigenvalue weighted by atomic mass is 9.87. The maximum absolute atomic E-state index is 3.61. The van der Waals surface area contributed by atoms with Gasteiger partial charge in [0.05, 0.1) is 0 Å². The molecule has 0 spiro atoms. The van der Waals surface area contributed by atoms with E-state index in [2.05, 4.69) is 73.2 Å². The molecule has 0 aliphatic rings. The van der Waals surface area contributed by atoms with E-state index in [1.165, 1.54) is 18.4 Å². The van der Waals surface area contributed by atoms with Crippen molar-refractivity contribution in [1.82, 2.24) is 5.32 Å². The van der Waals surface area contributed by atoms with Gasteiger partial charge in [0, 0.05) is 10.5 Å². The first-order chi connectivity index (χ1) is 8.40. The second-order valence-electron chi connectivity index (χ2n) is 6.18. The molecule has 0 aliphatic heterocycles. The van der Waals surface area contributed by atoms with Crippen molar-refractivity contribution < 1.29 is 0 Å². The van der Waals surface area contributed by atoms with E-state index < -0.39 is 0 Å². The lowest BCUT2D eigenvalue weighted by Gasteiger charge is -2.24. The first kappa shape index (κ1) is 15.7. The zero-order chi connectivity index (χ0) is 13.6.